The minimum absolute atomic E-state index is 0.0256. The smallest absolute Gasteiger partial charge is 0.320 e. The molecular weight excluding hydrogens is 170 g/mol. The number of phenols is 1. The van der Waals surface area contributed by atoms with Crippen molar-refractivity contribution in [2.45, 2.75) is 12.4 Å². The van der Waals surface area contributed by atoms with Gasteiger partial charge in [0.05, 0.1) is 4.11 Å². The quantitative estimate of drug-likeness (QED) is 0.632. The first-order chi connectivity index (χ1) is 7.24. The predicted molar refractivity (Wildman–Crippen MR) is 47.4 cm³/mol. The van der Waals surface area contributed by atoms with Crippen molar-refractivity contribution < 1.29 is 19.1 Å². The number of carbonyl (C=O) groups is 1. The molecule has 1 aromatic rings. The van der Waals surface area contributed by atoms with E-state index in [2.05, 4.69) is 0 Å². The Labute approximate surface area is 79.8 Å². The van der Waals surface area contributed by atoms with Crippen LogP contribution in [0, 0.1) is 0 Å². The van der Waals surface area contributed by atoms with E-state index in [1.165, 1.54) is 0 Å². The molecule has 0 saturated carbocycles. The fourth-order valence-corrected chi connectivity index (χ4v) is 0.774. The van der Waals surface area contributed by atoms with Crippen molar-refractivity contribution >= 4 is 5.97 Å². The summed E-state index contributed by atoms with van der Waals surface area (Å²) in [4.78, 5) is 10.6. The SMILES string of the molecule is [2H]c1cc(O)cc([2H])c1C[C@]([2H])(N)C(=O)O. The van der Waals surface area contributed by atoms with Gasteiger partial charge >= 0.3 is 5.97 Å². The summed E-state index contributed by atoms with van der Waals surface area (Å²) in [6.07, 6.45) is -0.458. The van der Waals surface area contributed by atoms with E-state index in [0.29, 0.717) is 0 Å². The van der Waals surface area contributed by atoms with E-state index in [1.807, 2.05) is 0 Å². The van der Waals surface area contributed by atoms with Crippen LogP contribution < -0.4 is 5.73 Å². The van der Waals surface area contributed by atoms with E-state index in [-0.39, 0.29) is 23.4 Å². The summed E-state index contributed by atoms with van der Waals surface area (Å²) >= 11 is 0. The predicted octanol–water partition coefficient (Wildman–Crippen LogP) is 0.347. The zero-order chi connectivity index (χ0) is 12.5. The third kappa shape index (κ3) is 2.76. The fraction of sp³-hybridized carbons (Fsp3) is 0.222. The normalized spacial score (nSPS) is 18.1. The Balaban J connectivity index is 3.11. The van der Waals surface area contributed by atoms with E-state index in [4.69, 9.17) is 20.1 Å². The molecule has 0 heterocycles. The van der Waals surface area contributed by atoms with Crippen LogP contribution in [0.4, 0.5) is 0 Å². The zero-order valence-corrected chi connectivity index (χ0v) is 6.74. The number of nitrogens with two attached hydrogens (primary N) is 1. The largest absolute Gasteiger partial charge is 0.508 e. The van der Waals surface area contributed by atoms with Crippen molar-refractivity contribution in [1.29, 1.82) is 0 Å². The molecule has 0 unspecified atom stereocenters. The number of benzene rings is 1. The van der Waals surface area contributed by atoms with Crippen molar-refractivity contribution in [1.82, 2.24) is 0 Å². The van der Waals surface area contributed by atoms with Gasteiger partial charge in [0, 0.05) is 0 Å². The standard InChI is InChI=1S/C9H11NO3/c10-8(9(12)13)5-6-1-3-7(11)4-2-6/h1-4,8,11H,5,10H2,(H,12,13)/t8-/m0/s1/i1D,2D,8D. The summed E-state index contributed by atoms with van der Waals surface area (Å²) in [6, 6.07) is -0.527. The highest BCUT2D eigenvalue weighted by Crippen LogP contribution is 2.10. The van der Waals surface area contributed by atoms with Crippen molar-refractivity contribution in [3.63, 3.8) is 0 Å². The van der Waals surface area contributed by atoms with Crippen LogP contribution in [-0.2, 0) is 11.2 Å². The molecule has 13 heavy (non-hydrogen) atoms. The lowest BCUT2D eigenvalue weighted by Gasteiger charge is -2.05. The van der Waals surface area contributed by atoms with Gasteiger partial charge in [0.2, 0.25) is 0 Å². The van der Waals surface area contributed by atoms with Gasteiger partial charge in [-0.3, -0.25) is 4.79 Å². The third-order valence-corrected chi connectivity index (χ3v) is 1.43. The lowest BCUT2D eigenvalue weighted by Crippen LogP contribution is -2.32. The highest BCUT2D eigenvalue weighted by Gasteiger charge is 2.11. The molecule has 0 radical (unpaired) electrons. The molecule has 70 valence electrons. The van der Waals surface area contributed by atoms with Gasteiger partial charge in [0.1, 0.15) is 11.8 Å². The minimum atomic E-state index is -2.28. The average Bonchev–Trinajstić information content (AvgIpc) is 2.11. The van der Waals surface area contributed by atoms with Gasteiger partial charge in [0.25, 0.3) is 0 Å². The Morgan fingerprint density at radius 3 is 2.69 bits per heavy atom. The molecule has 1 rings (SSSR count). The number of carboxylic acids is 1. The average molecular weight is 184 g/mol. The molecule has 4 heteroatoms. The Kier molecular flexibility index (Phi) is 1.80. The molecule has 0 aliphatic heterocycles. The van der Waals surface area contributed by atoms with Crippen molar-refractivity contribution in [3.8, 4) is 5.75 Å². The van der Waals surface area contributed by atoms with E-state index in [9.17, 15) is 4.79 Å². The second kappa shape index (κ2) is 3.91. The van der Waals surface area contributed by atoms with Gasteiger partial charge in [-0.25, -0.2) is 0 Å². The van der Waals surface area contributed by atoms with Crippen LogP contribution in [0.3, 0.4) is 0 Å². The van der Waals surface area contributed by atoms with Crippen LogP contribution >= 0.6 is 0 Å². The topological polar surface area (TPSA) is 83.5 Å². The number of carboxylic acid groups (broad SMARTS) is 1. The zero-order valence-electron chi connectivity index (χ0n) is 9.74. The molecule has 0 aliphatic rings. The van der Waals surface area contributed by atoms with Gasteiger partial charge in [-0.1, -0.05) is 12.1 Å². The van der Waals surface area contributed by atoms with E-state index < -0.39 is 18.4 Å². The fourth-order valence-electron chi connectivity index (χ4n) is 0.774. The summed E-state index contributed by atoms with van der Waals surface area (Å²) in [7, 11) is 0. The first kappa shape index (κ1) is 5.99. The number of aromatic hydroxyl groups is 1. The summed E-state index contributed by atoms with van der Waals surface area (Å²) in [5.74, 6) is -1.78. The van der Waals surface area contributed by atoms with Crippen LogP contribution in [0.1, 0.15) is 9.68 Å². The molecule has 0 spiro atoms. The van der Waals surface area contributed by atoms with Crippen LogP contribution in [0.15, 0.2) is 24.2 Å². The molecule has 0 fully saturated rings. The van der Waals surface area contributed by atoms with Gasteiger partial charge in [-0.15, -0.1) is 0 Å². The third-order valence-electron chi connectivity index (χ3n) is 1.43. The molecule has 0 saturated heterocycles. The number of phenolic OH excluding ortho intramolecular Hbond substituents is 1. The lowest BCUT2D eigenvalue weighted by molar-refractivity contribution is -0.138. The van der Waals surface area contributed by atoms with Gasteiger partial charge in [0.15, 0.2) is 0 Å². The van der Waals surface area contributed by atoms with Crippen LogP contribution in [0.2, 0.25) is 0 Å². The maximum atomic E-state index is 10.6. The van der Waals surface area contributed by atoms with Gasteiger partial charge in [-0.2, -0.15) is 0 Å². The molecular formula is C9H11NO3. The van der Waals surface area contributed by atoms with Crippen molar-refractivity contribution in [2.24, 2.45) is 5.73 Å². The Morgan fingerprint density at radius 1 is 1.69 bits per heavy atom. The molecule has 0 aliphatic carbocycles. The van der Waals surface area contributed by atoms with E-state index in [0.717, 1.165) is 12.1 Å². The second-order valence-corrected chi connectivity index (χ2v) is 2.49. The summed E-state index contributed by atoms with van der Waals surface area (Å²) in [6.45, 7) is 0. The van der Waals surface area contributed by atoms with Crippen LogP contribution in [0.25, 0.3) is 0 Å². The molecule has 1 aromatic carbocycles. The second-order valence-electron chi connectivity index (χ2n) is 2.49. The number of hydrogen-bond acceptors (Lipinski definition) is 3. The maximum absolute atomic E-state index is 10.6. The Bertz CT molecular complexity index is 411. The molecule has 1 atom stereocenters. The highest BCUT2D eigenvalue weighted by molar-refractivity contribution is 5.73. The number of hydrogen-bond donors (Lipinski definition) is 3. The molecule has 0 bridgehead atoms. The van der Waals surface area contributed by atoms with Crippen LogP contribution in [-0.4, -0.2) is 22.2 Å². The molecule has 4 nitrogen and oxygen atoms in total. The molecule has 0 aromatic heterocycles. The first-order valence-corrected chi connectivity index (χ1v) is 3.55. The maximum Gasteiger partial charge on any atom is 0.320 e. The molecule has 0 amide bonds. The van der Waals surface area contributed by atoms with Crippen LogP contribution in [0.5, 0.6) is 5.75 Å². The first-order valence-electron chi connectivity index (χ1n) is 5.05. The van der Waals surface area contributed by atoms with E-state index in [1.54, 1.807) is 0 Å². The lowest BCUT2D eigenvalue weighted by atomic mass is 10.1. The van der Waals surface area contributed by atoms with Crippen molar-refractivity contribution in [2.75, 3.05) is 0 Å². The van der Waals surface area contributed by atoms with Gasteiger partial charge < -0.3 is 15.9 Å². The monoisotopic (exact) mass is 184 g/mol. The Morgan fingerprint density at radius 2 is 2.23 bits per heavy atom. The number of rotatable bonds is 3. The summed E-state index contributed by atoms with van der Waals surface area (Å²) < 4.78 is 22.2. The molecule has 4 N–H and O–H groups in total. The van der Waals surface area contributed by atoms with Gasteiger partial charge in [-0.05, 0) is 24.1 Å². The van der Waals surface area contributed by atoms with E-state index >= 15 is 0 Å². The number of aliphatic carboxylic acids is 1. The Hall–Kier alpha value is -1.55. The minimum Gasteiger partial charge on any atom is -0.508 e. The van der Waals surface area contributed by atoms with Crippen molar-refractivity contribution in [3.05, 3.63) is 29.8 Å². The summed E-state index contributed by atoms with van der Waals surface area (Å²) in [5.41, 5.74) is 5.23. The highest BCUT2D eigenvalue weighted by atomic mass is 16.4. The summed E-state index contributed by atoms with van der Waals surface area (Å²) in [5, 5.41) is 17.7.